The number of carbonyl (C=O) groups is 1. The van der Waals surface area contributed by atoms with Gasteiger partial charge in [0.05, 0.1) is 17.8 Å². The quantitative estimate of drug-likeness (QED) is 0.541. The Kier molecular flexibility index (Phi) is 6.71. The number of carbonyl (C=O) groups excluding carboxylic acids is 1. The Balaban J connectivity index is 1.37. The molecule has 0 bridgehead atoms. The van der Waals surface area contributed by atoms with Crippen LogP contribution in [0.5, 0.6) is 0 Å². The molecule has 1 fully saturated rings. The van der Waals surface area contributed by atoms with E-state index in [0.717, 1.165) is 61.9 Å². The van der Waals surface area contributed by atoms with Crippen molar-refractivity contribution in [1.82, 2.24) is 14.9 Å². The van der Waals surface area contributed by atoms with E-state index in [1.165, 1.54) is 11.8 Å². The normalized spacial score (nSPS) is 15.6. The van der Waals surface area contributed by atoms with Crippen molar-refractivity contribution >= 4 is 23.4 Å². The maximum absolute atomic E-state index is 14.3. The fourth-order valence-corrected chi connectivity index (χ4v) is 4.80. The Labute approximate surface area is 210 Å². The van der Waals surface area contributed by atoms with E-state index >= 15 is 0 Å². The molecule has 3 aromatic rings. The first-order chi connectivity index (χ1) is 17.4. The Bertz CT molecular complexity index is 1250. The Morgan fingerprint density at radius 3 is 2.39 bits per heavy atom. The predicted molar refractivity (Wildman–Crippen MR) is 137 cm³/mol. The number of fused-ring (bicyclic) bond motifs is 1. The zero-order valence-corrected chi connectivity index (χ0v) is 20.6. The number of rotatable bonds is 5. The highest BCUT2D eigenvalue weighted by molar-refractivity contribution is 5.94. The van der Waals surface area contributed by atoms with E-state index in [9.17, 15) is 13.6 Å². The van der Waals surface area contributed by atoms with Crippen molar-refractivity contribution in [2.45, 2.75) is 19.9 Å². The molecule has 2 aliphatic rings. The smallest absolute Gasteiger partial charge is 0.257 e. The number of amides is 1. The summed E-state index contributed by atoms with van der Waals surface area (Å²) in [6.45, 7) is 6.89. The van der Waals surface area contributed by atoms with E-state index in [2.05, 4.69) is 39.0 Å². The SMILES string of the molecule is CCN(C)c1nc(N2CCN(c3ccccc3)CC2)nc2c1CN(C(=O)c1ccc(F)cc1F)CC2. The summed E-state index contributed by atoms with van der Waals surface area (Å²) in [5.74, 6) is -0.506. The number of halogens is 2. The lowest BCUT2D eigenvalue weighted by molar-refractivity contribution is 0.0729. The number of anilines is 3. The van der Waals surface area contributed by atoms with Crippen LogP contribution >= 0.6 is 0 Å². The molecule has 1 amide bonds. The van der Waals surface area contributed by atoms with Crippen LogP contribution in [-0.4, -0.2) is 67.1 Å². The summed E-state index contributed by atoms with van der Waals surface area (Å²) in [4.78, 5) is 31.1. The van der Waals surface area contributed by atoms with Gasteiger partial charge in [-0.15, -0.1) is 0 Å². The van der Waals surface area contributed by atoms with Gasteiger partial charge in [0.1, 0.15) is 17.5 Å². The number of aromatic nitrogens is 2. The van der Waals surface area contributed by atoms with Crippen LogP contribution in [0.3, 0.4) is 0 Å². The van der Waals surface area contributed by atoms with Crippen molar-refractivity contribution in [2.24, 2.45) is 0 Å². The van der Waals surface area contributed by atoms with Crippen molar-refractivity contribution < 1.29 is 13.6 Å². The number of hydrogen-bond acceptors (Lipinski definition) is 6. The molecule has 0 N–H and O–H groups in total. The molecule has 0 spiro atoms. The highest BCUT2D eigenvalue weighted by Gasteiger charge is 2.30. The molecule has 5 rings (SSSR count). The van der Waals surface area contributed by atoms with Crippen LogP contribution in [0.4, 0.5) is 26.2 Å². The van der Waals surface area contributed by atoms with Crippen molar-refractivity contribution in [3.05, 3.63) is 77.0 Å². The zero-order chi connectivity index (χ0) is 25.2. The van der Waals surface area contributed by atoms with Crippen LogP contribution in [-0.2, 0) is 13.0 Å². The Morgan fingerprint density at radius 2 is 1.69 bits per heavy atom. The molecule has 0 aliphatic carbocycles. The van der Waals surface area contributed by atoms with Gasteiger partial charge in [-0.2, -0.15) is 4.98 Å². The van der Waals surface area contributed by atoms with Crippen LogP contribution in [0.15, 0.2) is 48.5 Å². The first kappa shape index (κ1) is 24.0. The highest BCUT2D eigenvalue weighted by Crippen LogP contribution is 2.30. The molecule has 2 aromatic carbocycles. The van der Waals surface area contributed by atoms with E-state index in [4.69, 9.17) is 9.97 Å². The standard InChI is InChI=1S/C27H30F2N6O/c1-3-32(2)25-22-18-35(26(36)21-10-9-19(28)17-23(21)29)12-11-24(22)30-27(31-25)34-15-13-33(14-16-34)20-7-5-4-6-8-20/h4-10,17H,3,11-16,18H2,1-2H3. The fraction of sp³-hybridized carbons (Fsp3) is 0.370. The van der Waals surface area contributed by atoms with Crippen molar-refractivity contribution in [2.75, 3.05) is 61.0 Å². The van der Waals surface area contributed by atoms with E-state index < -0.39 is 17.5 Å². The predicted octanol–water partition coefficient (Wildman–Crippen LogP) is 3.74. The first-order valence-corrected chi connectivity index (χ1v) is 12.3. The Hall–Kier alpha value is -3.75. The van der Waals surface area contributed by atoms with Gasteiger partial charge in [-0.05, 0) is 31.2 Å². The zero-order valence-electron chi connectivity index (χ0n) is 20.6. The maximum Gasteiger partial charge on any atom is 0.257 e. The van der Waals surface area contributed by atoms with Crippen LogP contribution in [0.2, 0.25) is 0 Å². The molecule has 1 aromatic heterocycles. The third-order valence-electron chi connectivity index (χ3n) is 7.00. The molecular weight excluding hydrogens is 462 g/mol. The molecule has 0 unspecified atom stereocenters. The summed E-state index contributed by atoms with van der Waals surface area (Å²) in [5.41, 5.74) is 2.90. The molecule has 36 heavy (non-hydrogen) atoms. The minimum Gasteiger partial charge on any atom is -0.368 e. The van der Waals surface area contributed by atoms with E-state index in [-0.39, 0.29) is 12.1 Å². The highest BCUT2D eigenvalue weighted by atomic mass is 19.1. The molecule has 0 radical (unpaired) electrons. The summed E-state index contributed by atoms with van der Waals surface area (Å²) < 4.78 is 27.6. The van der Waals surface area contributed by atoms with E-state index in [1.807, 2.05) is 20.0 Å². The Morgan fingerprint density at radius 1 is 0.972 bits per heavy atom. The van der Waals surface area contributed by atoms with Gasteiger partial charge in [0.15, 0.2) is 0 Å². The second-order valence-electron chi connectivity index (χ2n) is 9.20. The number of benzene rings is 2. The third kappa shape index (κ3) is 4.69. The van der Waals surface area contributed by atoms with E-state index in [0.29, 0.717) is 18.9 Å². The van der Waals surface area contributed by atoms with Crippen molar-refractivity contribution in [1.29, 1.82) is 0 Å². The molecular formula is C27H30F2N6O. The minimum absolute atomic E-state index is 0.126. The second-order valence-corrected chi connectivity index (χ2v) is 9.20. The molecule has 9 heteroatoms. The number of hydrogen-bond donors (Lipinski definition) is 0. The van der Waals surface area contributed by atoms with Gasteiger partial charge in [0.2, 0.25) is 5.95 Å². The fourth-order valence-electron chi connectivity index (χ4n) is 4.80. The van der Waals surface area contributed by atoms with Gasteiger partial charge in [-0.25, -0.2) is 13.8 Å². The van der Waals surface area contributed by atoms with Gasteiger partial charge < -0.3 is 19.6 Å². The second kappa shape index (κ2) is 10.1. The van der Waals surface area contributed by atoms with E-state index in [1.54, 1.807) is 4.90 Å². The largest absolute Gasteiger partial charge is 0.368 e. The van der Waals surface area contributed by atoms with Gasteiger partial charge in [-0.1, -0.05) is 18.2 Å². The molecule has 0 saturated carbocycles. The van der Waals surface area contributed by atoms with Crippen LogP contribution in [0.25, 0.3) is 0 Å². The lowest BCUT2D eigenvalue weighted by atomic mass is 10.0. The summed E-state index contributed by atoms with van der Waals surface area (Å²) >= 11 is 0. The van der Waals surface area contributed by atoms with Crippen molar-refractivity contribution in [3.63, 3.8) is 0 Å². The number of piperazine rings is 1. The monoisotopic (exact) mass is 492 g/mol. The first-order valence-electron chi connectivity index (χ1n) is 12.3. The van der Waals surface area contributed by atoms with Gasteiger partial charge >= 0.3 is 0 Å². The lowest BCUT2D eigenvalue weighted by Crippen LogP contribution is -2.47. The summed E-state index contributed by atoms with van der Waals surface area (Å²) in [6, 6.07) is 13.5. The topological polar surface area (TPSA) is 55.8 Å². The summed E-state index contributed by atoms with van der Waals surface area (Å²) in [6.07, 6.45) is 0.550. The van der Waals surface area contributed by atoms with Crippen LogP contribution < -0.4 is 14.7 Å². The van der Waals surface area contributed by atoms with Gasteiger partial charge in [0.25, 0.3) is 5.91 Å². The molecule has 7 nitrogen and oxygen atoms in total. The van der Waals surface area contributed by atoms with Crippen LogP contribution in [0, 0.1) is 11.6 Å². The number of para-hydroxylation sites is 1. The molecule has 1 saturated heterocycles. The van der Waals surface area contributed by atoms with Crippen LogP contribution in [0.1, 0.15) is 28.5 Å². The number of nitrogens with zero attached hydrogens (tertiary/aromatic N) is 6. The molecule has 3 heterocycles. The average molecular weight is 493 g/mol. The molecule has 2 aliphatic heterocycles. The summed E-state index contributed by atoms with van der Waals surface area (Å²) in [5, 5.41) is 0. The van der Waals surface area contributed by atoms with Gasteiger partial charge in [-0.3, -0.25) is 4.79 Å². The molecule has 0 atom stereocenters. The minimum atomic E-state index is -0.849. The summed E-state index contributed by atoms with van der Waals surface area (Å²) in [7, 11) is 1.97. The lowest BCUT2D eigenvalue weighted by Gasteiger charge is -2.37. The van der Waals surface area contributed by atoms with Crippen molar-refractivity contribution in [3.8, 4) is 0 Å². The van der Waals surface area contributed by atoms with Gasteiger partial charge in [0, 0.05) is 70.1 Å². The molecule has 188 valence electrons. The maximum atomic E-state index is 14.3. The third-order valence-corrected chi connectivity index (χ3v) is 7.00. The average Bonchev–Trinajstić information content (AvgIpc) is 2.92.